The first kappa shape index (κ1) is 15.9. The molecule has 2 aromatic heterocycles. The molecular formula is C17H22N4OS. The molecule has 5 nitrogen and oxygen atoms in total. The molecule has 1 fully saturated rings. The van der Waals surface area contributed by atoms with Crippen LogP contribution in [-0.4, -0.2) is 20.7 Å². The molecule has 0 aliphatic heterocycles. The third-order valence-electron chi connectivity index (χ3n) is 4.44. The van der Waals surface area contributed by atoms with Gasteiger partial charge < -0.3 is 5.32 Å². The summed E-state index contributed by atoms with van der Waals surface area (Å²) in [5.41, 5.74) is 3.07. The summed E-state index contributed by atoms with van der Waals surface area (Å²) in [5, 5.41) is 9.71. The van der Waals surface area contributed by atoms with Crippen molar-refractivity contribution in [2.45, 2.75) is 27.7 Å². The molecule has 2 atom stereocenters. The average molecular weight is 330 g/mol. The third kappa shape index (κ3) is 3.08. The summed E-state index contributed by atoms with van der Waals surface area (Å²) in [7, 11) is 1.87. The van der Waals surface area contributed by atoms with E-state index in [1.165, 1.54) is 16.9 Å². The van der Waals surface area contributed by atoms with E-state index in [0.717, 1.165) is 11.3 Å². The zero-order chi connectivity index (χ0) is 16.8. The molecule has 6 heteroatoms. The van der Waals surface area contributed by atoms with Gasteiger partial charge >= 0.3 is 0 Å². The van der Waals surface area contributed by atoms with Gasteiger partial charge in [0.15, 0.2) is 5.13 Å². The van der Waals surface area contributed by atoms with Gasteiger partial charge in [0.1, 0.15) is 0 Å². The van der Waals surface area contributed by atoms with Crippen molar-refractivity contribution in [1.29, 1.82) is 0 Å². The maximum Gasteiger partial charge on any atom is 0.230 e. The van der Waals surface area contributed by atoms with Gasteiger partial charge in [0.05, 0.1) is 17.8 Å². The van der Waals surface area contributed by atoms with Crippen LogP contribution in [0.5, 0.6) is 0 Å². The molecule has 1 aliphatic carbocycles. The van der Waals surface area contributed by atoms with Crippen molar-refractivity contribution < 1.29 is 4.79 Å². The fourth-order valence-electron chi connectivity index (χ4n) is 3.05. The van der Waals surface area contributed by atoms with Crippen LogP contribution >= 0.6 is 11.3 Å². The van der Waals surface area contributed by atoms with Gasteiger partial charge in [-0.15, -0.1) is 11.3 Å². The van der Waals surface area contributed by atoms with Gasteiger partial charge in [0.2, 0.25) is 5.91 Å². The number of aryl methyl sites for hydroxylation is 1. The van der Waals surface area contributed by atoms with E-state index in [4.69, 9.17) is 0 Å². The molecular weight excluding hydrogens is 308 g/mol. The van der Waals surface area contributed by atoms with Crippen LogP contribution in [0.4, 0.5) is 5.13 Å². The first-order valence-corrected chi connectivity index (χ1v) is 8.57. The van der Waals surface area contributed by atoms with E-state index in [2.05, 4.69) is 49.2 Å². The normalized spacial score (nSPS) is 21.8. The molecule has 0 spiro atoms. The van der Waals surface area contributed by atoms with Crippen LogP contribution < -0.4 is 5.32 Å². The molecule has 122 valence electrons. The maximum atomic E-state index is 12.5. The number of anilines is 1. The molecule has 3 rings (SSSR count). The van der Waals surface area contributed by atoms with Gasteiger partial charge in [-0.25, -0.2) is 4.98 Å². The van der Waals surface area contributed by atoms with Gasteiger partial charge in [0, 0.05) is 24.2 Å². The van der Waals surface area contributed by atoms with Crippen molar-refractivity contribution in [3.05, 3.63) is 29.4 Å². The molecule has 0 aromatic carbocycles. The van der Waals surface area contributed by atoms with Crippen LogP contribution in [-0.2, 0) is 11.8 Å². The summed E-state index contributed by atoms with van der Waals surface area (Å²) in [5.74, 6) is 0.387. The number of hydrogen-bond acceptors (Lipinski definition) is 4. The minimum atomic E-state index is 0.0168. The molecule has 1 amide bonds. The number of amides is 1. The van der Waals surface area contributed by atoms with Crippen molar-refractivity contribution in [1.82, 2.24) is 14.8 Å². The lowest BCUT2D eigenvalue weighted by atomic mass is 10.1. The largest absolute Gasteiger partial charge is 0.302 e. The molecule has 0 bridgehead atoms. The molecule has 2 heterocycles. The van der Waals surface area contributed by atoms with E-state index >= 15 is 0 Å². The van der Waals surface area contributed by atoms with E-state index < -0.39 is 0 Å². The maximum absolute atomic E-state index is 12.5. The van der Waals surface area contributed by atoms with Crippen LogP contribution in [0.15, 0.2) is 29.4 Å². The van der Waals surface area contributed by atoms with Crippen LogP contribution in [0.25, 0.3) is 11.3 Å². The Bertz CT molecular complexity index is 767. The standard InChI is InChI=1S/C17H22N4OS/c1-10(2)6-12-14(17(12,3)4)15(22)20-16-19-13(9-23-16)11-7-18-21(5)8-11/h6-9,12,14H,1-5H3,(H,19,20,22)/t12-,14-/m1/s1. The highest BCUT2D eigenvalue weighted by Gasteiger charge is 2.60. The van der Waals surface area contributed by atoms with Crippen LogP contribution in [0, 0.1) is 17.3 Å². The first-order chi connectivity index (χ1) is 10.8. The van der Waals surface area contributed by atoms with Crippen molar-refractivity contribution >= 4 is 22.4 Å². The zero-order valence-corrected chi connectivity index (χ0v) is 14.9. The fraction of sp³-hybridized carbons (Fsp3) is 0.471. The number of nitrogens with one attached hydrogen (secondary N) is 1. The molecule has 1 N–H and O–H groups in total. The Labute approximate surface area is 140 Å². The third-order valence-corrected chi connectivity index (χ3v) is 5.20. The Morgan fingerprint density at radius 2 is 2.17 bits per heavy atom. The molecule has 23 heavy (non-hydrogen) atoms. The van der Waals surface area contributed by atoms with Gasteiger partial charge in [0.25, 0.3) is 0 Å². The number of rotatable bonds is 4. The Morgan fingerprint density at radius 3 is 2.78 bits per heavy atom. The minimum Gasteiger partial charge on any atom is -0.302 e. The summed E-state index contributed by atoms with van der Waals surface area (Å²) in [6.45, 7) is 8.43. The highest BCUT2D eigenvalue weighted by molar-refractivity contribution is 7.14. The summed E-state index contributed by atoms with van der Waals surface area (Å²) < 4.78 is 1.74. The first-order valence-electron chi connectivity index (χ1n) is 7.69. The lowest BCUT2D eigenvalue weighted by Crippen LogP contribution is -2.16. The van der Waals surface area contributed by atoms with Crippen molar-refractivity contribution in [3.63, 3.8) is 0 Å². The average Bonchev–Trinajstić information content (AvgIpc) is 2.87. The summed E-state index contributed by atoms with van der Waals surface area (Å²) >= 11 is 1.45. The predicted molar refractivity (Wildman–Crippen MR) is 93.1 cm³/mol. The van der Waals surface area contributed by atoms with Crippen molar-refractivity contribution in [2.24, 2.45) is 24.3 Å². The number of nitrogens with zero attached hydrogens (tertiary/aromatic N) is 3. The highest BCUT2D eigenvalue weighted by atomic mass is 32.1. The molecule has 0 saturated heterocycles. The summed E-state index contributed by atoms with van der Waals surface area (Å²) in [4.78, 5) is 17.0. The smallest absolute Gasteiger partial charge is 0.230 e. The predicted octanol–water partition coefficient (Wildman–Crippen LogP) is 3.72. The Kier molecular flexibility index (Phi) is 3.88. The topological polar surface area (TPSA) is 59.8 Å². The second-order valence-corrected chi connectivity index (χ2v) is 7.86. The van der Waals surface area contributed by atoms with E-state index in [0.29, 0.717) is 11.0 Å². The van der Waals surface area contributed by atoms with Gasteiger partial charge in [-0.2, -0.15) is 5.10 Å². The lowest BCUT2D eigenvalue weighted by Gasteiger charge is -2.02. The zero-order valence-electron chi connectivity index (χ0n) is 14.1. The molecule has 1 saturated carbocycles. The van der Waals surface area contributed by atoms with Crippen LogP contribution in [0.1, 0.15) is 27.7 Å². The molecule has 2 aromatic rings. The number of carbonyl (C=O) groups is 1. The van der Waals surface area contributed by atoms with Gasteiger partial charge in [-0.3, -0.25) is 9.48 Å². The lowest BCUT2D eigenvalue weighted by molar-refractivity contribution is -0.118. The van der Waals surface area contributed by atoms with Crippen molar-refractivity contribution in [2.75, 3.05) is 5.32 Å². The van der Waals surface area contributed by atoms with E-state index in [-0.39, 0.29) is 17.2 Å². The minimum absolute atomic E-state index is 0.0168. The quantitative estimate of drug-likeness (QED) is 0.869. The Morgan fingerprint density at radius 1 is 1.43 bits per heavy atom. The fourth-order valence-corrected chi connectivity index (χ4v) is 3.77. The second kappa shape index (κ2) is 5.60. The number of carbonyl (C=O) groups excluding carboxylic acids is 1. The number of allylic oxidation sites excluding steroid dienone is 2. The van der Waals surface area contributed by atoms with E-state index in [1.807, 2.05) is 18.6 Å². The van der Waals surface area contributed by atoms with E-state index in [9.17, 15) is 4.79 Å². The number of thiazole rings is 1. The Hall–Kier alpha value is -1.95. The summed E-state index contributed by atoms with van der Waals surface area (Å²) in [6.07, 6.45) is 5.89. The van der Waals surface area contributed by atoms with Gasteiger partial charge in [-0.1, -0.05) is 25.5 Å². The van der Waals surface area contributed by atoms with Crippen molar-refractivity contribution in [3.8, 4) is 11.3 Å². The van der Waals surface area contributed by atoms with Crippen LogP contribution in [0.2, 0.25) is 0 Å². The number of hydrogen-bond donors (Lipinski definition) is 1. The monoisotopic (exact) mass is 330 g/mol. The SMILES string of the molecule is CC(C)=C[C@@H]1[C@H](C(=O)Nc2nc(-c3cnn(C)c3)cs2)C1(C)C. The highest BCUT2D eigenvalue weighted by Crippen LogP contribution is 2.59. The number of aromatic nitrogens is 3. The molecule has 0 unspecified atom stereocenters. The van der Waals surface area contributed by atoms with Crippen LogP contribution in [0.3, 0.4) is 0 Å². The molecule has 0 radical (unpaired) electrons. The summed E-state index contributed by atoms with van der Waals surface area (Å²) in [6, 6.07) is 0. The second-order valence-electron chi connectivity index (χ2n) is 7.00. The molecule has 1 aliphatic rings. The van der Waals surface area contributed by atoms with Gasteiger partial charge in [-0.05, 0) is 25.2 Å². The van der Waals surface area contributed by atoms with E-state index in [1.54, 1.807) is 10.9 Å². The Balaban J connectivity index is 1.70.